The first-order chi connectivity index (χ1) is 7.43. The van der Waals surface area contributed by atoms with Crippen LogP contribution in [0.3, 0.4) is 0 Å². The van der Waals surface area contributed by atoms with Crippen LogP contribution in [-0.2, 0) is 15.7 Å². The van der Waals surface area contributed by atoms with E-state index < -0.39 is 17.1 Å². The van der Waals surface area contributed by atoms with Crippen molar-refractivity contribution < 1.29 is 22.7 Å². The van der Waals surface area contributed by atoms with Gasteiger partial charge in [0.2, 0.25) is 10.1 Å². The van der Waals surface area contributed by atoms with Gasteiger partial charge in [-0.15, -0.1) is 10.2 Å². The molecule has 0 saturated carbocycles. The summed E-state index contributed by atoms with van der Waals surface area (Å²) in [6.45, 7) is 1.81. The van der Waals surface area contributed by atoms with Gasteiger partial charge in [0.1, 0.15) is 6.61 Å². The molecule has 1 amide bonds. The molecule has 1 aromatic heterocycles. The van der Waals surface area contributed by atoms with Crippen LogP contribution in [0.5, 0.6) is 0 Å². The minimum absolute atomic E-state index is 0.197. The van der Waals surface area contributed by atoms with Gasteiger partial charge in [-0.3, -0.25) is 10.1 Å². The third-order valence-corrected chi connectivity index (χ3v) is 2.23. The molecule has 0 aliphatic carbocycles. The van der Waals surface area contributed by atoms with E-state index in [9.17, 15) is 18.0 Å². The number of hydrogen-bond donors (Lipinski definition) is 1. The average molecular weight is 255 g/mol. The highest BCUT2D eigenvalue weighted by atomic mass is 32.1. The largest absolute Gasteiger partial charge is 0.445 e. The molecule has 90 valence electrons. The summed E-state index contributed by atoms with van der Waals surface area (Å²) in [7, 11) is 0. The Bertz CT molecular complexity index is 366. The number of nitrogens with one attached hydrogen (secondary N) is 1. The molecule has 9 heteroatoms. The molecule has 1 heterocycles. The summed E-state index contributed by atoms with van der Waals surface area (Å²) in [6, 6.07) is 0. The first-order valence-electron chi connectivity index (χ1n) is 4.21. The van der Waals surface area contributed by atoms with Gasteiger partial charge in [0.15, 0.2) is 0 Å². The Labute approximate surface area is 92.6 Å². The van der Waals surface area contributed by atoms with Crippen LogP contribution in [0, 0.1) is 0 Å². The van der Waals surface area contributed by atoms with Gasteiger partial charge in [0.05, 0.1) is 0 Å². The number of rotatable bonds is 4. The Morgan fingerprint density at radius 2 is 2.19 bits per heavy atom. The number of halogens is 3. The maximum Gasteiger partial charge on any atom is 0.445 e. The summed E-state index contributed by atoms with van der Waals surface area (Å²) in [6.07, 6.45) is -4.54. The van der Waals surface area contributed by atoms with Crippen LogP contribution in [0.2, 0.25) is 0 Å². The number of amides is 1. The molecule has 0 aliphatic heterocycles. The maximum absolute atomic E-state index is 12.1. The first kappa shape index (κ1) is 12.8. The second-order valence-electron chi connectivity index (χ2n) is 2.60. The smallest absolute Gasteiger partial charge is 0.372 e. The average Bonchev–Trinajstić information content (AvgIpc) is 2.62. The van der Waals surface area contributed by atoms with Gasteiger partial charge in [-0.25, -0.2) is 0 Å². The van der Waals surface area contributed by atoms with Crippen LogP contribution in [0.15, 0.2) is 0 Å². The molecule has 0 spiro atoms. The topological polar surface area (TPSA) is 64.1 Å². The molecular weight excluding hydrogens is 247 g/mol. The number of ether oxygens (including phenoxy) is 1. The van der Waals surface area contributed by atoms with Crippen LogP contribution < -0.4 is 5.32 Å². The number of nitrogens with zero attached hydrogens (tertiary/aromatic N) is 2. The molecule has 0 bridgehead atoms. The van der Waals surface area contributed by atoms with E-state index >= 15 is 0 Å². The highest BCUT2D eigenvalue weighted by Gasteiger charge is 2.35. The SMILES string of the molecule is CCOCC(=O)Nc1nnc(C(F)(F)F)s1. The number of alkyl halides is 3. The molecule has 0 saturated heterocycles. The quantitative estimate of drug-likeness (QED) is 0.886. The van der Waals surface area contributed by atoms with E-state index in [1.807, 2.05) is 0 Å². The van der Waals surface area contributed by atoms with E-state index in [1.54, 1.807) is 6.92 Å². The molecule has 0 fully saturated rings. The van der Waals surface area contributed by atoms with Crippen molar-refractivity contribution in [3.8, 4) is 0 Å². The highest BCUT2D eigenvalue weighted by molar-refractivity contribution is 7.15. The van der Waals surface area contributed by atoms with Gasteiger partial charge < -0.3 is 4.74 Å². The summed E-state index contributed by atoms with van der Waals surface area (Å²) in [5, 5.41) is 6.96. The molecule has 0 aliphatic rings. The fourth-order valence-corrected chi connectivity index (χ4v) is 1.37. The predicted molar refractivity (Wildman–Crippen MR) is 50.0 cm³/mol. The molecule has 1 N–H and O–H groups in total. The van der Waals surface area contributed by atoms with E-state index in [2.05, 4.69) is 15.5 Å². The zero-order valence-corrected chi connectivity index (χ0v) is 8.98. The molecule has 16 heavy (non-hydrogen) atoms. The van der Waals surface area contributed by atoms with Crippen molar-refractivity contribution >= 4 is 22.4 Å². The van der Waals surface area contributed by atoms with Crippen LogP contribution in [0.1, 0.15) is 11.9 Å². The van der Waals surface area contributed by atoms with Gasteiger partial charge in [-0.05, 0) is 6.92 Å². The molecule has 0 unspecified atom stereocenters. The van der Waals surface area contributed by atoms with Crippen molar-refractivity contribution in [2.45, 2.75) is 13.1 Å². The van der Waals surface area contributed by atoms with E-state index in [4.69, 9.17) is 4.74 Å². The standard InChI is InChI=1S/C7H8F3N3O2S/c1-2-15-3-4(14)11-6-13-12-5(16-6)7(8,9)10/h2-3H2,1H3,(H,11,13,14). The Balaban J connectivity index is 2.56. The van der Waals surface area contributed by atoms with Gasteiger partial charge >= 0.3 is 6.18 Å². The van der Waals surface area contributed by atoms with Crippen molar-refractivity contribution in [3.05, 3.63) is 5.01 Å². The summed E-state index contributed by atoms with van der Waals surface area (Å²) in [4.78, 5) is 11.1. The monoisotopic (exact) mass is 255 g/mol. The highest BCUT2D eigenvalue weighted by Crippen LogP contribution is 2.32. The summed E-state index contributed by atoms with van der Waals surface area (Å²) < 4.78 is 41.1. The Hall–Kier alpha value is -1.22. The minimum Gasteiger partial charge on any atom is -0.372 e. The third kappa shape index (κ3) is 3.74. The second-order valence-corrected chi connectivity index (χ2v) is 3.57. The number of carbonyl (C=O) groups excluding carboxylic acids is 1. The van der Waals surface area contributed by atoms with Crippen LogP contribution >= 0.6 is 11.3 Å². The van der Waals surface area contributed by atoms with Crippen molar-refractivity contribution in [2.24, 2.45) is 0 Å². The molecule has 1 rings (SSSR count). The van der Waals surface area contributed by atoms with Crippen molar-refractivity contribution in [1.29, 1.82) is 0 Å². The maximum atomic E-state index is 12.1. The zero-order chi connectivity index (χ0) is 12.2. The fraction of sp³-hybridized carbons (Fsp3) is 0.571. The molecular formula is C7H8F3N3O2S. The molecule has 0 atom stereocenters. The van der Waals surface area contributed by atoms with Gasteiger partial charge in [0.25, 0.3) is 5.91 Å². The summed E-state index contributed by atoms with van der Waals surface area (Å²) in [5.74, 6) is -0.563. The van der Waals surface area contributed by atoms with E-state index in [-0.39, 0.29) is 23.1 Å². The fourth-order valence-electron chi connectivity index (χ4n) is 0.738. The first-order valence-corrected chi connectivity index (χ1v) is 5.03. The van der Waals surface area contributed by atoms with Crippen molar-refractivity contribution in [2.75, 3.05) is 18.5 Å². The molecule has 0 aromatic carbocycles. The van der Waals surface area contributed by atoms with Gasteiger partial charge in [-0.1, -0.05) is 11.3 Å². The normalized spacial score (nSPS) is 11.5. The molecule has 0 radical (unpaired) electrons. The summed E-state index contributed by atoms with van der Waals surface area (Å²) >= 11 is 0.267. The Kier molecular flexibility index (Phi) is 4.19. The van der Waals surface area contributed by atoms with E-state index in [0.717, 1.165) is 0 Å². The lowest BCUT2D eigenvalue weighted by molar-refractivity contribution is -0.138. The Morgan fingerprint density at radius 1 is 1.50 bits per heavy atom. The van der Waals surface area contributed by atoms with Crippen LogP contribution in [-0.4, -0.2) is 29.3 Å². The second kappa shape index (κ2) is 5.21. The number of carbonyl (C=O) groups is 1. The lowest BCUT2D eigenvalue weighted by Crippen LogP contribution is -2.17. The Morgan fingerprint density at radius 3 is 2.69 bits per heavy atom. The number of hydrogen-bond acceptors (Lipinski definition) is 5. The number of anilines is 1. The predicted octanol–water partition coefficient (Wildman–Crippen LogP) is 1.53. The lowest BCUT2D eigenvalue weighted by atomic mass is 10.6. The number of aromatic nitrogens is 2. The minimum atomic E-state index is -4.54. The third-order valence-electron chi connectivity index (χ3n) is 1.35. The molecule has 1 aromatic rings. The zero-order valence-electron chi connectivity index (χ0n) is 8.17. The van der Waals surface area contributed by atoms with Crippen LogP contribution in [0.25, 0.3) is 0 Å². The summed E-state index contributed by atoms with van der Waals surface area (Å²) in [5.41, 5.74) is 0. The van der Waals surface area contributed by atoms with Crippen LogP contribution in [0.4, 0.5) is 18.3 Å². The van der Waals surface area contributed by atoms with E-state index in [1.165, 1.54) is 0 Å². The van der Waals surface area contributed by atoms with Gasteiger partial charge in [0, 0.05) is 6.61 Å². The molecule has 5 nitrogen and oxygen atoms in total. The lowest BCUT2D eigenvalue weighted by Gasteiger charge is -2.00. The van der Waals surface area contributed by atoms with Gasteiger partial charge in [-0.2, -0.15) is 13.2 Å². The van der Waals surface area contributed by atoms with E-state index in [0.29, 0.717) is 6.61 Å². The van der Waals surface area contributed by atoms with Crippen molar-refractivity contribution in [1.82, 2.24) is 10.2 Å². The van der Waals surface area contributed by atoms with Crippen molar-refractivity contribution in [3.63, 3.8) is 0 Å².